The molecule has 0 spiro atoms. The molecule has 0 radical (unpaired) electrons. The summed E-state index contributed by atoms with van der Waals surface area (Å²) in [6.45, 7) is 2.74. The van der Waals surface area contributed by atoms with Gasteiger partial charge in [-0.05, 0) is 40.1 Å². The maximum absolute atomic E-state index is 10.9. The van der Waals surface area contributed by atoms with Crippen LogP contribution in [0.4, 0.5) is 0 Å². The van der Waals surface area contributed by atoms with Crippen LogP contribution in [0, 0.1) is 11.3 Å². The molecule has 0 saturated carbocycles. The number of nitriles is 1. The Morgan fingerprint density at radius 3 is 2.35 bits per heavy atom. The van der Waals surface area contributed by atoms with E-state index in [2.05, 4.69) is 5.73 Å². The number of hydrogen-bond acceptors (Lipinski definition) is 4. The van der Waals surface area contributed by atoms with Crippen molar-refractivity contribution in [1.82, 2.24) is 0 Å². The number of hydrogen-bond donors (Lipinski definition) is 1. The number of amides is 1. The van der Waals surface area contributed by atoms with Crippen LogP contribution in [0.3, 0.4) is 0 Å². The third kappa shape index (κ3) is 8.44. The smallest absolute Gasteiger partial charge is 0.226 e. The summed E-state index contributed by atoms with van der Waals surface area (Å²) in [6.07, 6.45) is 0.242. The van der Waals surface area contributed by atoms with Crippen LogP contribution >= 0.6 is 11.6 Å². The van der Waals surface area contributed by atoms with Gasteiger partial charge in [-0.1, -0.05) is 24.3 Å². The second-order valence-corrected chi connectivity index (χ2v) is 4.79. The second-order valence-electron chi connectivity index (χ2n) is 4.37. The van der Waals surface area contributed by atoms with Crippen molar-refractivity contribution < 1.29 is 14.3 Å². The van der Waals surface area contributed by atoms with Crippen LogP contribution in [-0.2, 0) is 16.0 Å². The van der Waals surface area contributed by atoms with Crippen molar-refractivity contribution in [2.45, 2.75) is 20.3 Å². The summed E-state index contributed by atoms with van der Waals surface area (Å²) in [6, 6.07) is 13.4. The molecule has 122 valence electrons. The molecular formula is C17H19ClN2O3. The molecule has 1 amide bonds. The monoisotopic (exact) mass is 334 g/mol. The minimum absolute atomic E-state index is 0.242. The Bertz CT molecular complexity index is 705. The molecule has 0 atom stereocenters. The number of ether oxygens (including phenoxy) is 1. The molecular weight excluding hydrogens is 316 g/mol. The minimum Gasteiger partial charge on any atom is -0.497 e. The summed E-state index contributed by atoms with van der Waals surface area (Å²) < 4.78 is 5.16. The number of primary amides is 1. The van der Waals surface area contributed by atoms with Gasteiger partial charge in [0.05, 0.1) is 13.2 Å². The van der Waals surface area contributed by atoms with E-state index in [1.54, 1.807) is 13.2 Å². The summed E-state index contributed by atoms with van der Waals surface area (Å²) in [4.78, 5) is 20.2. The zero-order chi connectivity index (χ0) is 17.8. The summed E-state index contributed by atoms with van der Waals surface area (Å²) in [7, 11) is 1.62. The quantitative estimate of drug-likeness (QED) is 0.872. The van der Waals surface area contributed by atoms with Crippen molar-refractivity contribution in [3.05, 3.63) is 42.0 Å². The van der Waals surface area contributed by atoms with E-state index in [1.807, 2.05) is 36.4 Å². The number of nitrogens with two attached hydrogens (primary N) is 1. The highest BCUT2D eigenvalue weighted by Gasteiger charge is 2.05. The number of halogens is 1. The Labute approximate surface area is 140 Å². The van der Waals surface area contributed by atoms with Crippen molar-refractivity contribution in [2.75, 3.05) is 7.11 Å². The topological polar surface area (TPSA) is 93.2 Å². The zero-order valence-electron chi connectivity index (χ0n) is 13.3. The Hall–Kier alpha value is -2.58. The molecule has 0 bridgehead atoms. The fourth-order valence-corrected chi connectivity index (χ4v) is 1.89. The summed E-state index contributed by atoms with van der Waals surface area (Å²) in [5, 5.41) is 9.06. The first kappa shape index (κ1) is 20.4. The molecule has 2 aromatic carbocycles. The van der Waals surface area contributed by atoms with Gasteiger partial charge in [0.1, 0.15) is 5.75 Å². The first-order valence-corrected chi connectivity index (χ1v) is 7.04. The molecule has 2 N–H and O–H groups in total. The van der Waals surface area contributed by atoms with Crippen LogP contribution in [0.5, 0.6) is 5.75 Å². The second kappa shape index (κ2) is 11.0. The number of nitrogens with zero attached hydrogens (tertiary/aromatic N) is 1. The molecule has 2 rings (SSSR count). The normalized spacial score (nSPS) is 8.65. The van der Waals surface area contributed by atoms with Crippen molar-refractivity contribution in [3.8, 4) is 11.8 Å². The van der Waals surface area contributed by atoms with Gasteiger partial charge in [-0.25, -0.2) is 0 Å². The highest BCUT2D eigenvalue weighted by Crippen LogP contribution is 2.24. The molecule has 0 aliphatic heterocycles. The molecule has 2 aromatic rings. The van der Waals surface area contributed by atoms with Crippen molar-refractivity contribution in [3.63, 3.8) is 0 Å². The Balaban J connectivity index is 0.000000591. The van der Waals surface area contributed by atoms with Crippen LogP contribution in [0.25, 0.3) is 10.8 Å². The average Bonchev–Trinajstić information content (AvgIpc) is 2.47. The van der Waals surface area contributed by atoms with Gasteiger partial charge in [0.15, 0.2) is 0 Å². The first-order valence-electron chi connectivity index (χ1n) is 6.66. The van der Waals surface area contributed by atoms with E-state index < -0.39 is 0 Å². The van der Waals surface area contributed by atoms with E-state index in [0.29, 0.717) is 0 Å². The molecule has 0 saturated heterocycles. The fraction of sp³-hybridized carbons (Fsp3) is 0.235. The number of benzene rings is 2. The maximum Gasteiger partial charge on any atom is 0.226 e. The van der Waals surface area contributed by atoms with Crippen LogP contribution in [0.1, 0.15) is 19.4 Å². The molecule has 0 fully saturated rings. The van der Waals surface area contributed by atoms with Gasteiger partial charge >= 0.3 is 0 Å². The lowest BCUT2D eigenvalue weighted by Crippen LogP contribution is -2.01. The van der Waals surface area contributed by atoms with Gasteiger partial charge in [0.2, 0.25) is 11.1 Å². The standard InChI is InChI=1S/C13H11ClO2.C2H5NO.C2H3N/c1-16-11-6-5-9-3-2-4-10(7-13(14)15)12(9)8-11;1-2(3)4;1-2-3/h2-6,8H,7H2,1H3;1H3,(H2,3,4);1H3. The highest BCUT2D eigenvalue weighted by atomic mass is 35.5. The van der Waals surface area contributed by atoms with Crippen molar-refractivity contribution in [1.29, 1.82) is 5.26 Å². The van der Waals surface area contributed by atoms with Gasteiger partial charge in [-0.3, -0.25) is 9.59 Å². The van der Waals surface area contributed by atoms with Crippen LogP contribution in [-0.4, -0.2) is 18.3 Å². The number of fused-ring (bicyclic) bond motifs is 1. The average molecular weight is 335 g/mol. The van der Waals surface area contributed by atoms with E-state index in [4.69, 9.17) is 21.6 Å². The molecule has 0 aromatic heterocycles. The Kier molecular flexibility index (Phi) is 9.81. The molecule has 6 heteroatoms. The van der Waals surface area contributed by atoms with Gasteiger partial charge in [-0.15, -0.1) is 0 Å². The van der Waals surface area contributed by atoms with E-state index >= 15 is 0 Å². The summed E-state index contributed by atoms with van der Waals surface area (Å²) in [5.74, 6) is 0.446. The Morgan fingerprint density at radius 2 is 1.87 bits per heavy atom. The van der Waals surface area contributed by atoms with Gasteiger partial charge in [-0.2, -0.15) is 5.26 Å². The van der Waals surface area contributed by atoms with Crippen molar-refractivity contribution in [2.24, 2.45) is 5.73 Å². The fourth-order valence-electron chi connectivity index (χ4n) is 1.75. The van der Waals surface area contributed by atoms with E-state index in [9.17, 15) is 9.59 Å². The molecule has 5 nitrogen and oxygen atoms in total. The predicted octanol–water partition coefficient (Wildman–Crippen LogP) is 3.18. The molecule has 23 heavy (non-hydrogen) atoms. The van der Waals surface area contributed by atoms with E-state index in [1.165, 1.54) is 13.8 Å². The number of carbonyl (C=O) groups excluding carboxylic acids is 2. The highest BCUT2D eigenvalue weighted by molar-refractivity contribution is 6.63. The zero-order valence-corrected chi connectivity index (χ0v) is 14.1. The number of methoxy groups -OCH3 is 1. The van der Waals surface area contributed by atoms with E-state index in [0.717, 1.165) is 22.1 Å². The van der Waals surface area contributed by atoms with Crippen LogP contribution in [0.15, 0.2) is 36.4 Å². The molecule has 0 unspecified atom stereocenters. The van der Waals surface area contributed by atoms with Gasteiger partial charge in [0.25, 0.3) is 0 Å². The summed E-state index contributed by atoms with van der Waals surface area (Å²) in [5.41, 5.74) is 5.40. The van der Waals surface area contributed by atoms with E-state index in [-0.39, 0.29) is 17.6 Å². The molecule has 0 aliphatic rings. The minimum atomic E-state index is -0.352. The van der Waals surface area contributed by atoms with Crippen molar-refractivity contribution >= 4 is 33.5 Å². The SMILES string of the molecule is CC#N.CC(N)=O.COc1ccc2cccc(CC(=O)Cl)c2c1. The lowest BCUT2D eigenvalue weighted by Gasteiger charge is -2.06. The molecule has 0 aliphatic carbocycles. The van der Waals surface area contributed by atoms with Gasteiger partial charge < -0.3 is 10.5 Å². The van der Waals surface area contributed by atoms with Crippen LogP contribution < -0.4 is 10.5 Å². The van der Waals surface area contributed by atoms with Gasteiger partial charge in [0, 0.05) is 20.3 Å². The third-order valence-corrected chi connectivity index (χ3v) is 2.64. The van der Waals surface area contributed by atoms with Crippen LogP contribution in [0.2, 0.25) is 0 Å². The molecule has 0 heterocycles. The number of carbonyl (C=O) groups is 2. The predicted molar refractivity (Wildman–Crippen MR) is 91.2 cm³/mol. The lowest BCUT2D eigenvalue weighted by molar-refractivity contribution is -0.116. The largest absolute Gasteiger partial charge is 0.497 e. The maximum atomic E-state index is 10.9. The third-order valence-electron chi connectivity index (χ3n) is 2.51. The first-order chi connectivity index (χ1) is 10.8. The summed E-state index contributed by atoms with van der Waals surface area (Å²) >= 11 is 5.42. The number of rotatable bonds is 3. The lowest BCUT2D eigenvalue weighted by atomic mass is 10.0. The Morgan fingerprint density at radius 1 is 1.30 bits per heavy atom.